The summed E-state index contributed by atoms with van der Waals surface area (Å²) in [7, 11) is 0. The number of nitrogens with one attached hydrogen (secondary N) is 1. The Hall–Kier alpha value is -2.48. The monoisotopic (exact) mass is 333 g/mol. The fraction of sp³-hybridized carbons (Fsp3) is 0. The molecular formula is C12H8BrN5O2. The van der Waals surface area contributed by atoms with Crippen molar-refractivity contribution in [2.75, 3.05) is 5.32 Å². The van der Waals surface area contributed by atoms with E-state index in [2.05, 4.69) is 36.3 Å². The van der Waals surface area contributed by atoms with Gasteiger partial charge in [0.1, 0.15) is 12.7 Å². The summed E-state index contributed by atoms with van der Waals surface area (Å²) in [4.78, 5) is 19.9. The second-order valence-corrected chi connectivity index (χ2v) is 4.58. The molecule has 0 saturated heterocycles. The van der Waals surface area contributed by atoms with Crippen molar-refractivity contribution in [1.29, 1.82) is 0 Å². The molecule has 0 aromatic carbocycles. The zero-order valence-electron chi connectivity index (χ0n) is 10.0. The van der Waals surface area contributed by atoms with E-state index in [0.717, 1.165) is 0 Å². The largest absolute Gasteiger partial charge is 0.444 e. The van der Waals surface area contributed by atoms with Crippen LogP contribution in [0.5, 0.6) is 0 Å². The molecule has 0 aliphatic carbocycles. The van der Waals surface area contributed by atoms with Gasteiger partial charge in [0.05, 0.1) is 11.9 Å². The highest BCUT2D eigenvalue weighted by molar-refractivity contribution is 9.10. The number of rotatable bonds is 3. The maximum absolute atomic E-state index is 11.9. The molecule has 0 bridgehead atoms. The third-order valence-electron chi connectivity index (χ3n) is 2.46. The van der Waals surface area contributed by atoms with Gasteiger partial charge in [-0.15, -0.1) is 0 Å². The highest BCUT2D eigenvalue weighted by Gasteiger charge is 2.10. The molecule has 0 spiro atoms. The van der Waals surface area contributed by atoms with Crippen molar-refractivity contribution in [2.45, 2.75) is 0 Å². The molecule has 0 unspecified atom stereocenters. The van der Waals surface area contributed by atoms with Crippen LogP contribution in [0.1, 0.15) is 10.6 Å². The van der Waals surface area contributed by atoms with Crippen LogP contribution >= 0.6 is 15.9 Å². The smallest absolute Gasteiger partial charge is 0.291 e. The average Bonchev–Trinajstić information content (AvgIpc) is 3.10. The third-order valence-corrected chi connectivity index (χ3v) is 2.88. The molecule has 8 heteroatoms. The first-order chi connectivity index (χ1) is 9.72. The van der Waals surface area contributed by atoms with Crippen molar-refractivity contribution < 1.29 is 9.21 Å². The fourth-order valence-electron chi connectivity index (χ4n) is 1.55. The zero-order valence-corrected chi connectivity index (χ0v) is 11.6. The van der Waals surface area contributed by atoms with Gasteiger partial charge in [-0.3, -0.25) is 4.79 Å². The minimum atomic E-state index is -0.342. The standard InChI is InChI=1S/C12H8BrN5O2/c13-10-3-2-9(20-10)12(19)17-8-1-4-11(15-5-8)18-7-14-6-16-18/h1-7H,(H,17,19). The van der Waals surface area contributed by atoms with Gasteiger partial charge < -0.3 is 9.73 Å². The number of amides is 1. The lowest BCUT2D eigenvalue weighted by molar-refractivity contribution is 0.0995. The molecule has 1 amide bonds. The first-order valence-corrected chi connectivity index (χ1v) is 6.39. The highest BCUT2D eigenvalue weighted by Crippen LogP contribution is 2.16. The van der Waals surface area contributed by atoms with Crippen LogP contribution in [0.4, 0.5) is 5.69 Å². The summed E-state index contributed by atoms with van der Waals surface area (Å²) in [5.41, 5.74) is 0.561. The number of halogens is 1. The van der Waals surface area contributed by atoms with Gasteiger partial charge in [0.25, 0.3) is 5.91 Å². The van der Waals surface area contributed by atoms with Gasteiger partial charge in [-0.2, -0.15) is 5.10 Å². The van der Waals surface area contributed by atoms with E-state index in [1.807, 2.05) is 0 Å². The molecule has 7 nitrogen and oxygen atoms in total. The predicted octanol–water partition coefficient (Wildman–Crippen LogP) is 2.27. The number of hydrogen-bond acceptors (Lipinski definition) is 5. The Morgan fingerprint density at radius 3 is 2.80 bits per heavy atom. The van der Waals surface area contributed by atoms with Gasteiger partial charge in [0, 0.05) is 0 Å². The number of aromatic nitrogens is 4. The van der Waals surface area contributed by atoms with Crippen molar-refractivity contribution in [3.8, 4) is 5.82 Å². The average molecular weight is 334 g/mol. The minimum absolute atomic E-state index is 0.220. The molecule has 1 N–H and O–H groups in total. The second kappa shape index (κ2) is 5.25. The van der Waals surface area contributed by atoms with Crippen LogP contribution < -0.4 is 5.32 Å². The predicted molar refractivity (Wildman–Crippen MR) is 73.5 cm³/mol. The second-order valence-electron chi connectivity index (χ2n) is 3.80. The van der Waals surface area contributed by atoms with Gasteiger partial charge in [0.15, 0.2) is 16.2 Å². The topological polar surface area (TPSA) is 85.8 Å². The van der Waals surface area contributed by atoms with E-state index in [9.17, 15) is 4.79 Å². The SMILES string of the molecule is O=C(Nc1ccc(-n2cncn2)nc1)c1ccc(Br)o1. The van der Waals surface area contributed by atoms with Crippen molar-refractivity contribution in [2.24, 2.45) is 0 Å². The first-order valence-electron chi connectivity index (χ1n) is 5.60. The molecule has 100 valence electrons. The fourth-order valence-corrected chi connectivity index (χ4v) is 1.86. The third kappa shape index (κ3) is 2.59. The number of carbonyl (C=O) groups is 1. The lowest BCUT2D eigenvalue weighted by Gasteiger charge is -2.04. The Balaban J connectivity index is 1.74. The Kier molecular flexibility index (Phi) is 3.30. The summed E-state index contributed by atoms with van der Waals surface area (Å²) in [6, 6.07) is 6.68. The van der Waals surface area contributed by atoms with Gasteiger partial charge in [-0.1, -0.05) is 0 Å². The maximum Gasteiger partial charge on any atom is 0.291 e. The maximum atomic E-state index is 11.9. The quantitative estimate of drug-likeness (QED) is 0.794. The van der Waals surface area contributed by atoms with Crippen LogP contribution in [0.2, 0.25) is 0 Å². The highest BCUT2D eigenvalue weighted by atomic mass is 79.9. The molecule has 0 fully saturated rings. The summed E-state index contributed by atoms with van der Waals surface area (Å²) in [6.07, 6.45) is 4.50. The van der Waals surface area contributed by atoms with E-state index in [0.29, 0.717) is 16.2 Å². The molecule has 0 radical (unpaired) electrons. The van der Waals surface area contributed by atoms with Crippen molar-refractivity contribution >= 4 is 27.5 Å². The van der Waals surface area contributed by atoms with E-state index < -0.39 is 0 Å². The van der Waals surface area contributed by atoms with E-state index >= 15 is 0 Å². The first kappa shape index (κ1) is 12.5. The van der Waals surface area contributed by atoms with E-state index in [-0.39, 0.29) is 11.7 Å². The lowest BCUT2D eigenvalue weighted by atomic mass is 10.3. The van der Waals surface area contributed by atoms with Crippen LogP contribution in [0.15, 0.2) is 52.2 Å². The number of carbonyl (C=O) groups excluding carboxylic acids is 1. The zero-order chi connectivity index (χ0) is 13.9. The number of nitrogens with zero attached hydrogens (tertiary/aromatic N) is 4. The number of hydrogen-bond donors (Lipinski definition) is 1. The molecule has 0 aliphatic heterocycles. The molecule has 0 atom stereocenters. The summed E-state index contributed by atoms with van der Waals surface area (Å²) in [6.45, 7) is 0. The molecule has 3 rings (SSSR count). The van der Waals surface area contributed by atoms with E-state index in [4.69, 9.17) is 4.42 Å². The van der Waals surface area contributed by atoms with Crippen LogP contribution in [-0.4, -0.2) is 25.7 Å². The van der Waals surface area contributed by atoms with Crippen LogP contribution in [0.3, 0.4) is 0 Å². The molecule has 3 heterocycles. The van der Waals surface area contributed by atoms with Gasteiger partial charge in [-0.05, 0) is 40.2 Å². The van der Waals surface area contributed by atoms with Gasteiger partial charge >= 0.3 is 0 Å². The number of anilines is 1. The summed E-state index contributed by atoms with van der Waals surface area (Å²) in [5.74, 6) is 0.490. The Morgan fingerprint density at radius 2 is 2.20 bits per heavy atom. The number of pyridine rings is 1. The molecule has 3 aromatic rings. The van der Waals surface area contributed by atoms with E-state index in [1.54, 1.807) is 30.6 Å². The van der Waals surface area contributed by atoms with Crippen molar-refractivity contribution in [3.05, 3.63) is 53.5 Å². The molecule has 0 aliphatic rings. The number of furan rings is 1. The molecule has 0 saturated carbocycles. The Labute approximate surface area is 121 Å². The van der Waals surface area contributed by atoms with Crippen LogP contribution in [0.25, 0.3) is 5.82 Å². The Bertz CT molecular complexity index is 721. The molecular weight excluding hydrogens is 326 g/mol. The van der Waals surface area contributed by atoms with Crippen LogP contribution in [-0.2, 0) is 0 Å². The summed E-state index contributed by atoms with van der Waals surface area (Å²) >= 11 is 3.14. The Morgan fingerprint density at radius 1 is 1.30 bits per heavy atom. The summed E-state index contributed by atoms with van der Waals surface area (Å²) in [5, 5.41) is 6.65. The van der Waals surface area contributed by atoms with Crippen molar-refractivity contribution in [1.82, 2.24) is 19.7 Å². The van der Waals surface area contributed by atoms with Gasteiger partial charge in [-0.25, -0.2) is 14.6 Å². The minimum Gasteiger partial charge on any atom is -0.444 e. The normalized spacial score (nSPS) is 10.4. The summed E-state index contributed by atoms with van der Waals surface area (Å²) < 4.78 is 7.19. The van der Waals surface area contributed by atoms with Crippen LogP contribution in [0, 0.1) is 0 Å². The lowest BCUT2D eigenvalue weighted by Crippen LogP contribution is -2.11. The molecule has 20 heavy (non-hydrogen) atoms. The van der Waals surface area contributed by atoms with E-state index in [1.165, 1.54) is 17.2 Å². The molecule has 3 aromatic heterocycles. The van der Waals surface area contributed by atoms with Crippen molar-refractivity contribution in [3.63, 3.8) is 0 Å². The van der Waals surface area contributed by atoms with Gasteiger partial charge in [0.2, 0.25) is 0 Å².